The van der Waals surface area contributed by atoms with E-state index in [-0.39, 0.29) is 11.7 Å². The Morgan fingerprint density at radius 1 is 1.10 bits per heavy atom. The number of amides is 1. The summed E-state index contributed by atoms with van der Waals surface area (Å²) in [6, 6.07) is 20.4. The normalized spacial score (nSPS) is 16.8. The zero-order chi connectivity index (χ0) is 20.1. The average molecular weight is 390 g/mol. The number of carbonyl (C=O) groups is 1. The number of rotatable bonds is 7. The van der Waals surface area contributed by atoms with Gasteiger partial charge in [-0.15, -0.1) is 5.10 Å². The van der Waals surface area contributed by atoms with E-state index in [0.29, 0.717) is 19.0 Å². The van der Waals surface area contributed by atoms with E-state index in [1.54, 1.807) is 4.68 Å². The third-order valence-electron chi connectivity index (χ3n) is 5.49. The third kappa shape index (κ3) is 4.54. The van der Waals surface area contributed by atoms with Crippen LogP contribution < -0.4 is 5.32 Å². The molecule has 1 saturated heterocycles. The van der Waals surface area contributed by atoms with Crippen molar-refractivity contribution in [1.29, 1.82) is 0 Å². The van der Waals surface area contributed by atoms with Gasteiger partial charge in [-0.05, 0) is 43.6 Å². The van der Waals surface area contributed by atoms with Gasteiger partial charge >= 0.3 is 0 Å². The predicted molar refractivity (Wildman–Crippen MR) is 113 cm³/mol. The van der Waals surface area contributed by atoms with Crippen LogP contribution in [0, 0.1) is 0 Å². The number of hydrogen-bond donors (Lipinski definition) is 1. The Balaban J connectivity index is 1.54. The Morgan fingerprint density at radius 2 is 1.83 bits per heavy atom. The smallest absolute Gasteiger partial charge is 0.291 e. The maximum Gasteiger partial charge on any atom is 0.291 e. The molecule has 0 radical (unpaired) electrons. The summed E-state index contributed by atoms with van der Waals surface area (Å²) < 4.78 is 1.77. The van der Waals surface area contributed by atoms with Crippen LogP contribution in [0.3, 0.4) is 0 Å². The Labute approximate surface area is 171 Å². The minimum atomic E-state index is -0.211. The molecule has 0 bridgehead atoms. The molecule has 4 rings (SSSR count). The van der Waals surface area contributed by atoms with Crippen molar-refractivity contribution in [3.63, 3.8) is 0 Å². The number of benzene rings is 2. The molecule has 6 heteroatoms. The van der Waals surface area contributed by atoms with Crippen LogP contribution in [0.25, 0.3) is 5.69 Å². The van der Waals surface area contributed by atoms with E-state index >= 15 is 0 Å². The quantitative estimate of drug-likeness (QED) is 0.675. The van der Waals surface area contributed by atoms with E-state index in [2.05, 4.69) is 39.4 Å². The monoisotopic (exact) mass is 389 g/mol. The van der Waals surface area contributed by atoms with Crippen LogP contribution in [-0.2, 0) is 6.42 Å². The first kappa shape index (κ1) is 19.3. The van der Waals surface area contributed by atoms with Gasteiger partial charge in [0.05, 0.1) is 5.69 Å². The van der Waals surface area contributed by atoms with E-state index < -0.39 is 0 Å². The van der Waals surface area contributed by atoms with Crippen molar-refractivity contribution in [3.05, 3.63) is 77.9 Å². The van der Waals surface area contributed by atoms with Crippen LogP contribution in [0.2, 0.25) is 0 Å². The van der Waals surface area contributed by atoms with Gasteiger partial charge in [0, 0.05) is 19.0 Å². The lowest BCUT2D eigenvalue weighted by Crippen LogP contribution is -2.40. The average Bonchev–Trinajstić information content (AvgIpc) is 3.40. The van der Waals surface area contributed by atoms with Gasteiger partial charge in [-0.2, -0.15) is 0 Å². The van der Waals surface area contributed by atoms with Crippen molar-refractivity contribution in [1.82, 2.24) is 25.0 Å². The standard InChI is InChI=1S/C23H27N5O/c1-2-27-15-9-14-20(27)17-24-23(29)22-25-21(16-18-10-5-3-6-11-18)28(26-22)19-12-7-4-8-13-19/h3-8,10-13,20H,2,9,14-17H2,1H3,(H,24,29)/t20-/m1/s1. The molecule has 0 spiro atoms. The fourth-order valence-electron chi connectivity index (χ4n) is 3.94. The van der Waals surface area contributed by atoms with Crippen LogP contribution in [0.4, 0.5) is 0 Å². The first-order chi connectivity index (χ1) is 14.2. The Kier molecular flexibility index (Phi) is 6.00. The fraction of sp³-hybridized carbons (Fsp3) is 0.348. The summed E-state index contributed by atoms with van der Waals surface area (Å²) in [5.74, 6) is 0.765. The number of likely N-dealkylation sites (N-methyl/N-ethyl adjacent to an activating group) is 1. The van der Waals surface area contributed by atoms with Gasteiger partial charge in [-0.3, -0.25) is 9.69 Å². The van der Waals surface area contributed by atoms with E-state index in [0.717, 1.165) is 36.6 Å². The summed E-state index contributed by atoms with van der Waals surface area (Å²) in [4.78, 5) is 19.8. The lowest BCUT2D eigenvalue weighted by atomic mass is 10.1. The second-order valence-corrected chi connectivity index (χ2v) is 7.40. The van der Waals surface area contributed by atoms with Crippen molar-refractivity contribution in [3.8, 4) is 5.69 Å². The van der Waals surface area contributed by atoms with Crippen LogP contribution in [-0.4, -0.2) is 51.2 Å². The van der Waals surface area contributed by atoms with Gasteiger partial charge < -0.3 is 5.32 Å². The van der Waals surface area contributed by atoms with Crippen LogP contribution in [0.1, 0.15) is 41.8 Å². The second-order valence-electron chi connectivity index (χ2n) is 7.40. The number of para-hydroxylation sites is 1. The summed E-state index contributed by atoms with van der Waals surface area (Å²) >= 11 is 0. The second kappa shape index (κ2) is 9.01. The maximum atomic E-state index is 12.8. The molecule has 1 aliphatic rings. The largest absolute Gasteiger partial charge is 0.348 e. The number of hydrogen-bond acceptors (Lipinski definition) is 4. The molecule has 6 nitrogen and oxygen atoms in total. The minimum Gasteiger partial charge on any atom is -0.348 e. The van der Waals surface area contributed by atoms with Gasteiger partial charge in [0.15, 0.2) is 0 Å². The molecule has 1 aliphatic heterocycles. The SMILES string of the molecule is CCN1CCC[C@@H]1CNC(=O)c1nc(Cc2ccccc2)n(-c2ccccc2)n1. The highest BCUT2D eigenvalue weighted by Gasteiger charge is 2.24. The minimum absolute atomic E-state index is 0.211. The highest BCUT2D eigenvalue weighted by Crippen LogP contribution is 2.16. The Hall–Kier alpha value is -2.99. The Morgan fingerprint density at radius 3 is 2.55 bits per heavy atom. The van der Waals surface area contributed by atoms with E-state index in [4.69, 9.17) is 0 Å². The number of likely N-dealkylation sites (tertiary alicyclic amines) is 1. The molecule has 1 amide bonds. The first-order valence-corrected chi connectivity index (χ1v) is 10.3. The number of nitrogens with zero attached hydrogens (tertiary/aromatic N) is 4. The van der Waals surface area contributed by atoms with E-state index in [1.165, 1.54) is 6.42 Å². The van der Waals surface area contributed by atoms with Crippen molar-refractivity contribution in [2.45, 2.75) is 32.2 Å². The van der Waals surface area contributed by atoms with Gasteiger partial charge in [-0.1, -0.05) is 55.5 Å². The lowest BCUT2D eigenvalue weighted by Gasteiger charge is -2.22. The molecule has 1 atom stereocenters. The van der Waals surface area contributed by atoms with Crippen LogP contribution in [0.5, 0.6) is 0 Å². The Bertz CT molecular complexity index is 938. The number of nitrogens with one attached hydrogen (secondary N) is 1. The molecule has 0 saturated carbocycles. The first-order valence-electron chi connectivity index (χ1n) is 10.3. The zero-order valence-corrected chi connectivity index (χ0v) is 16.8. The van der Waals surface area contributed by atoms with Crippen molar-refractivity contribution in [2.75, 3.05) is 19.6 Å². The highest BCUT2D eigenvalue weighted by atomic mass is 16.2. The fourth-order valence-corrected chi connectivity index (χ4v) is 3.94. The van der Waals surface area contributed by atoms with Crippen LogP contribution in [0.15, 0.2) is 60.7 Å². The molecule has 0 unspecified atom stereocenters. The summed E-state index contributed by atoms with van der Waals surface area (Å²) in [6.45, 7) is 4.93. The van der Waals surface area contributed by atoms with Crippen LogP contribution >= 0.6 is 0 Å². The summed E-state index contributed by atoms with van der Waals surface area (Å²) in [6.07, 6.45) is 2.93. The molecule has 1 aromatic heterocycles. The third-order valence-corrected chi connectivity index (χ3v) is 5.49. The van der Waals surface area contributed by atoms with Crippen molar-refractivity contribution < 1.29 is 4.79 Å². The highest BCUT2D eigenvalue weighted by molar-refractivity contribution is 5.90. The summed E-state index contributed by atoms with van der Waals surface area (Å²) in [5.41, 5.74) is 2.03. The molecule has 29 heavy (non-hydrogen) atoms. The van der Waals surface area contributed by atoms with E-state index in [1.807, 2.05) is 48.5 Å². The molecule has 0 aliphatic carbocycles. The maximum absolute atomic E-state index is 12.8. The van der Waals surface area contributed by atoms with Gasteiger partial charge in [0.2, 0.25) is 5.82 Å². The van der Waals surface area contributed by atoms with Crippen molar-refractivity contribution in [2.24, 2.45) is 0 Å². The summed E-state index contributed by atoms with van der Waals surface area (Å²) in [5, 5.41) is 7.58. The molecule has 2 aromatic carbocycles. The molecule has 1 N–H and O–H groups in total. The molecular formula is C23H27N5O. The van der Waals surface area contributed by atoms with Gasteiger partial charge in [0.25, 0.3) is 5.91 Å². The van der Waals surface area contributed by atoms with E-state index in [9.17, 15) is 4.79 Å². The van der Waals surface area contributed by atoms with Crippen molar-refractivity contribution >= 4 is 5.91 Å². The molecule has 1 fully saturated rings. The van der Waals surface area contributed by atoms with Gasteiger partial charge in [-0.25, -0.2) is 9.67 Å². The number of aromatic nitrogens is 3. The molecular weight excluding hydrogens is 362 g/mol. The molecule has 150 valence electrons. The predicted octanol–water partition coefficient (Wildman–Crippen LogP) is 3.07. The topological polar surface area (TPSA) is 63.1 Å². The molecule has 3 aromatic rings. The zero-order valence-electron chi connectivity index (χ0n) is 16.8. The molecule has 2 heterocycles. The van der Waals surface area contributed by atoms with Gasteiger partial charge in [0.1, 0.15) is 5.82 Å². The lowest BCUT2D eigenvalue weighted by molar-refractivity contribution is 0.0931. The number of carbonyl (C=O) groups excluding carboxylic acids is 1. The summed E-state index contributed by atoms with van der Waals surface area (Å²) in [7, 11) is 0.